The fourth-order valence-corrected chi connectivity index (χ4v) is 3.57. The summed E-state index contributed by atoms with van der Waals surface area (Å²) in [4.78, 5) is 9.74. The van der Waals surface area contributed by atoms with Crippen LogP contribution in [0.1, 0.15) is 13.3 Å². The molecular weight excluding hydrogens is 326 g/mol. The molecule has 1 aromatic carbocycles. The molecule has 6 heteroatoms. The van der Waals surface area contributed by atoms with Crippen molar-refractivity contribution in [2.45, 2.75) is 13.3 Å². The van der Waals surface area contributed by atoms with Crippen molar-refractivity contribution < 1.29 is 4.74 Å². The molecule has 1 unspecified atom stereocenters. The molecule has 0 amide bonds. The van der Waals surface area contributed by atoms with Crippen molar-refractivity contribution >= 4 is 11.6 Å². The van der Waals surface area contributed by atoms with Gasteiger partial charge in [-0.15, -0.1) is 0 Å². The van der Waals surface area contributed by atoms with Crippen molar-refractivity contribution in [3.05, 3.63) is 30.3 Å². The zero-order valence-electron chi connectivity index (χ0n) is 16.0. The zero-order valence-corrected chi connectivity index (χ0v) is 16.0. The monoisotopic (exact) mass is 359 g/mol. The number of hydrogen-bond donors (Lipinski definition) is 2. The summed E-state index contributed by atoms with van der Waals surface area (Å²) in [5.74, 6) is 1.57. The van der Waals surface area contributed by atoms with E-state index in [2.05, 4.69) is 57.7 Å². The number of guanidine groups is 1. The van der Waals surface area contributed by atoms with Crippen LogP contribution in [0, 0.1) is 5.92 Å². The first-order chi connectivity index (χ1) is 12.8. The third-order valence-electron chi connectivity index (χ3n) is 5.08. The molecule has 2 saturated heterocycles. The molecule has 1 aromatic rings. The molecule has 2 fully saturated rings. The Kier molecular flexibility index (Phi) is 7.58. The number of morpholine rings is 1. The fourth-order valence-electron chi connectivity index (χ4n) is 3.57. The van der Waals surface area contributed by atoms with E-state index in [1.807, 2.05) is 0 Å². The second kappa shape index (κ2) is 10.4. The molecule has 2 N–H and O–H groups in total. The summed E-state index contributed by atoms with van der Waals surface area (Å²) in [6.45, 7) is 11.9. The maximum Gasteiger partial charge on any atom is 0.191 e. The summed E-state index contributed by atoms with van der Waals surface area (Å²) in [7, 11) is 0. The van der Waals surface area contributed by atoms with Gasteiger partial charge in [-0.2, -0.15) is 0 Å². The van der Waals surface area contributed by atoms with Gasteiger partial charge < -0.3 is 20.3 Å². The minimum atomic E-state index is 0.630. The molecule has 1 atom stereocenters. The van der Waals surface area contributed by atoms with E-state index in [9.17, 15) is 0 Å². The second-order valence-electron chi connectivity index (χ2n) is 7.04. The lowest BCUT2D eigenvalue weighted by Crippen LogP contribution is -2.44. The smallest absolute Gasteiger partial charge is 0.191 e. The number of nitrogens with zero attached hydrogens (tertiary/aromatic N) is 3. The Morgan fingerprint density at radius 3 is 2.73 bits per heavy atom. The second-order valence-corrected chi connectivity index (χ2v) is 7.04. The molecule has 0 bridgehead atoms. The number of anilines is 1. The predicted molar refractivity (Wildman–Crippen MR) is 108 cm³/mol. The van der Waals surface area contributed by atoms with E-state index in [1.54, 1.807) is 0 Å². The third-order valence-corrected chi connectivity index (χ3v) is 5.08. The first-order valence-corrected chi connectivity index (χ1v) is 9.97. The van der Waals surface area contributed by atoms with Crippen molar-refractivity contribution in [1.82, 2.24) is 15.5 Å². The van der Waals surface area contributed by atoms with E-state index in [-0.39, 0.29) is 0 Å². The van der Waals surface area contributed by atoms with Crippen LogP contribution in [-0.2, 0) is 4.74 Å². The van der Waals surface area contributed by atoms with Crippen molar-refractivity contribution in [3.63, 3.8) is 0 Å². The number of rotatable bonds is 7. The number of ether oxygens (including phenoxy) is 1. The van der Waals surface area contributed by atoms with Crippen LogP contribution in [0.4, 0.5) is 5.69 Å². The highest BCUT2D eigenvalue weighted by Crippen LogP contribution is 2.23. The Balaban J connectivity index is 1.42. The van der Waals surface area contributed by atoms with Crippen LogP contribution in [-0.4, -0.2) is 76.4 Å². The van der Waals surface area contributed by atoms with Gasteiger partial charge in [-0.1, -0.05) is 18.2 Å². The summed E-state index contributed by atoms with van der Waals surface area (Å²) in [5, 5.41) is 6.85. The van der Waals surface area contributed by atoms with Gasteiger partial charge >= 0.3 is 0 Å². The first-order valence-electron chi connectivity index (χ1n) is 9.97. The van der Waals surface area contributed by atoms with Crippen molar-refractivity contribution in [2.75, 3.05) is 70.5 Å². The topological polar surface area (TPSA) is 52.1 Å². The molecule has 26 heavy (non-hydrogen) atoms. The summed E-state index contributed by atoms with van der Waals surface area (Å²) in [6, 6.07) is 10.7. The Labute approximate surface area is 157 Å². The minimum absolute atomic E-state index is 0.630. The van der Waals surface area contributed by atoms with Crippen molar-refractivity contribution in [1.29, 1.82) is 0 Å². The van der Waals surface area contributed by atoms with E-state index < -0.39 is 0 Å². The molecule has 0 aromatic heterocycles. The van der Waals surface area contributed by atoms with Gasteiger partial charge in [0.2, 0.25) is 0 Å². The van der Waals surface area contributed by atoms with Gasteiger partial charge in [-0.25, -0.2) is 0 Å². The highest BCUT2D eigenvalue weighted by atomic mass is 16.5. The lowest BCUT2D eigenvalue weighted by Gasteiger charge is -2.26. The predicted octanol–water partition coefficient (Wildman–Crippen LogP) is 1.40. The van der Waals surface area contributed by atoms with Crippen LogP contribution in [0.5, 0.6) is 0 Å². The Hall–Kier alpha value is -1.79. The van der Waals surface area contributed by atoms with Crippen molar-refractivity contribution in [3.8, 4) is 0 Å². The van der Waals surface area contributed by atoms with Gasteiger partial charge in [0.05, 0.1) is 13.2 Å². The number of benzene rings is 1. The molecule has 0 spiro atoms. The lowest BCUT2D eigenvalue weighted by atomic mass is 10.1. The number of hydrogen-bond acceptors (Lipinski definition) is 4. The Morgan fingerprint density at radius 2 is 1.96 bits per heavy atom. The molecule has 2 aliphatic rings. The summed E-state index contributed by atoms with van der Waals surface area (Å²) < 4.78 is 5.40. The number of nitrogens with one attached hydrogen (secondary N) is 2. The number of para-hydroxylation sites is 1. The van der Waals surface area contributed by atoms with E-state index in [1.165, 1.54) is 12.1 Å². The Morgan fingerprint density at radius 1 is 1.15 bits per heavy atom. The van der Waals surface area contributed by atoms with E-state index >= 15 is 0 Å². The van der Waals surface area contributed by atoms with Gasteiger partial charge in [0.15, 0.2) is 5.96 Å². The average molecular weight is 360 g/mol. The van der Waals surface area contributed by atoms with Gasteiger partial charge in [0, 0.05) is 58.0 Å². The van der Waals surface area contributed by atoms with Crippen LogP contribution < -0.4 is 15.5 Å². The molecule has 2 aliphatic heterocycles. The maximum absolute atomic E-state index is 5.40. The maximum atomic E-state index is 5.40. The van der Waals surface area contributed by atoms with Gasteiger partial charge in [-0.3, -0.25) is 9.89 Å². The Bertz CT molecular complexity index is 544. The average Bonchev–Trinajstić information content (AvgIpc) is 3.17. The van der Waals surface area contributed by atoms with E-state index in [0.717, 1.165) is 71.5 Å². The highest BCUT2D eigenvalue weighted by molar-refractivity contribution is 5.79. The molecular formula is C20H33N5O. The summed E-state index contributed by atoms with van der Waals surface area (Å²) in [5.41, 5.74) is 1.33. The molecule has 0 aliphatic carbocycles. The van der Waals surface area contributed by atoms with Crippen molar-refractivity contribution in [2.24, 2.45) is 10.9 Å². The third kappa shape index (κ3) is 5.88. The molecule has 2 heterocycles. The van der Waals surface area contributed by atoms with Crippen LogP contribution in [0.3, 0.4) is 0 Å². The van der Waals surface area contributed by atoms with E-state index in [4.69, 9.17) is 9.73 Å². The molecule has 0 radical (unpaired) electrons. The van der Waals surface area contributed by atoms with Crippen LogP contribution in [0.25, 0.3) is 0 Å². The zero-order chi connectivity index (χ0) is 18.0. The minimum Gasteiger partial charge on any atom is -0.379 e. The first kappa shape index (κ1) is 19.0. The molecule has 144 valence electrons. The summed E-state index contributed by atoms with van der Waals surface area (Å²) >= 11 is 0. The molecule has 6 nitrogen and oxygen atoms in total. The highest BCUT2D eigenvalue weighted by Gasteiger charge is 2.22. The van der Waals surface area contributed by atoms with Crippen LogP contribution >= 0.6 is 0 Å². The van der Waals surface area contributed by atoms with E-state index in [0.29, 0.717) is 5.92 Å². The van der Waals surface area contributed by atoms with Gasteiger partial charge in [0.25, 0.3) is 0 Å². The van der Waals surface area contributed by atoms with Gasteiger partial charge in [-0.05, 0) is 31.4 Å². The SMILES string of the molecule is CCNC(=NCC1CCN(c2ccccc2)C1)NCCN1CCOCC1. The normalized spacial score (nSPS) is 21.8. The molecule has 0 saturated carbocycles. The van der Waals surface area contributed by atoms with Crippen LogP contribution in [0.15, 0.2) is 35.3 Å². The fraction of sp³-hybridized carbons (Fsp3) is 0.650. The standard InChI is InChI=1S/C20H33N5O/c1-2-21-20(22-9-11-24-12-14-26-15-13-24)23-16-18-8-10-25(17-18)19-6-4-3-5-7-19/h3-7,18H,2,8-17H2,1H3,(H2,21,22,23). The quantitative estimate of drug-likeness (QED) is 0.569. The largest absolute Gasteiger partial charge is 0.379 e. The van der Waals surface area contributed by atoms with Crippen LogP contribution in [0.2, 0.25) is 0 Å². The number of aliphatic imine (C=N–C) groups is 1. The molecule has 3 rings (SSSR count). The summed E-state index contributed by atoms with van der Waals surface area (Å²) in [6.07, 6.45) is 1.21. The lowest BCUT2D eigenvalue weighted by molar-refractivity contribution is 0.0389. The van der Waals surface area contributed by atoms with Gasteiger partial charge in [0.1, 0.15) is 0 Å².